The molecule has 0 heterocycles. The SMILES string of the molecule is CSCCCCNc1ccc(Cl)cc1F. The molecule has 0 aliphatic carbocycles. The number of hydrogen-bond acceptors (Lipinski definition) is 2. The van der Waals surface area contributed by atoms with Crippen molar-refractivity contribution in [3.63, 3.8) is 0 Å². The lowest BCUT2D eigenvalue weighted by Gasteiger charge is -2.07. The lowest BCUT2D eigenvalue weighted by atomic mass is 10.3. The van der Waals surface area contributed by atoms with Crippen LogP contribution in [0.3, 0.4) is 0 Å². The van der Waals surface area contributed by atoms with E-state index in [1.165, 1.54) is 6.07 Å². The Kier molecular flexibility index (Phi) is 5.88. The number of thioether (sulfide) groups is 1. The zero-order valence-electron chi connectivity index (χ0n) is 8.72. The Hall–Kier alpha value is -0.410. The summed E-state index contributed by atoms with van der Waals surface area (Å²) in [5.74, 6) is 0.873. The highest BCUT2D eigenvalue weighted by Crippen LogP contribution is 2.18. The van der Waals surface area contributed by atoms with Crippen LogP contribution in [-0.2, 0) is 0 Å². The van der Waals surface area contributed by atoms with Crippen LogP contribution < -0.4 is 5.32 Å². The second-order valence-electron chi connectivity index (χ2n) is 3.25. The Balaban J connectivity index is 2.31. The fraction of sp³-hybridized carbons (Fsp3) is 0.455. The Bertz CT molecular complexity index is 307. The van der Waals surface area contributed by atoms with Gasteiger partial charge in [0.2, 0.25) is 0 Å². The fourth-order valence-corrected chi connectivity index (χ4v) is 1.88. The molecule has 0 spiro atoms. The maximum Gasteiger partial charge on any atom is 0.147 e. The lowest BCUT2D eigenvalue weighted by Crippen LogP contribution is -2.03. The molecule has 1 aromatic carbocycles. The standard InChI is InChI=1S/C11H15ClFNS/c1-15-7-3-2-6-14-11-5-4-9(12)8-10(11)13/h4-5,8,14H,2-3,6-7H2,1H3. The van der Waals surface area contributed by atoms with Crippen molar-refractivity contribution in [2.45, 2.75) is 12.8 Å². The van der Waals surface area contributed by atoms with Gasteiger partial charge in [0.15, 0.2) is 0 Å². The van der Waals surface area contributed by atoms with Crippen LogP contribution >= 0.6 is 23.4 Å². The van der Waals surface area contributed by atoms with E-state index in [9.17, 15) is 4.39 Å². The number of rotatable bonds is 6. The quantitative estimate of drug-likeness (QED) is 0.762. The Morgan fingerprint density at radius 3 is 2.87 bits per heavy atom. The van der Waals surface area contributed by atoms with Gasteiger partial charge in [0.25, 0.3) is 0 Å². The van der Waals surface area contributed by atoms with E-state index in [1.54, 1.807) is 12.1 Å². The summed E-state index contributed by atoms with van der Waals surface area (Å²) in [4.78, 5) is 0. The van der Waals surface area contributed by atoms with Crippen molar-refractivity contribution in [3.8, 4) is 0 Å². The first-order valence-electron chi connectivity index (χ1n) is 4.92. The summed E-state index contributed by atoms with van der Waals surface area (Å²) < 4.78 is 13.3. The number of unbranched alkanes of at least 4 members (excludes halogenated alkanes) is 1. The summed E-state index contributed by atoms with van der Waals surface area (Å²) in [6.45, 7) is 0.805. The largest absolute Gasteiger partial charge is 0.383 e. The predicted octanol–water partition coefficient (Wildman–Crippen LogP) is 4.03. The molecule has 84 valence electrons. The van der Waals surface area contributed by atoms with Crippen LogP contribution in [0.15, 0.2) is 18.2 Å². The predicted molar refractivity (Wildman–Crippen MR) is 67.5 cm³/mol. The topological polar surface area (TPSA) is 12.0 Å². The maximum absolute atomic E-state index is 13.3. The third-order valence-corrected chi connectivity index (χ3v) is 2.95. The molecule has 0 amide bonds. The van der Waals surface area contributed by atoms with Gasteiger partial charge in [0.05, 0.1) is 5.69 Å². The molecule has 1 aromatic rings. The smallest absolute Gasteiger partial charge is 0.147 e. The van der Waals surface area contributed by atoms with Crippen LogP contribution in [-0.4, -0.2) is 18.6 Å². The van der Waals surface area contributed by atoms with Gasteiger partial charge in [-0.25, -0.2) is 4.39 Å². The van der Waals surface area contributed by atoms with Crippen molar-refractivity contribution in [1.82, 2.24) is 0 Å². The summed E-state index contributed by atoms with van der Waals surface area (Å²) in [7, 11) is 0. The van der Waals surface area contributed by atoms with Gasteiger partial charge in [-0.05, 0) is 43.0 Å². The van der Waals surface area contributed by atoms with Gasteiger partial charge in [-0.15, -0.1) is 0 Å². The first-order valence-corrected chi connectivity index (χ1v) is 6.69. The third-order valence-electron chi connectivity index (χ3n) is 2.02. The molecule has 0 unspecified atom stereocenters. The molecule has 0 aliphatic heterocycles. The van der Waals surface area contributed by atoms with Crippen LogP contribution in [0.2, 0.25) is 5.02 Å². The Morgan fingerprint density at radius 1 is 1.40 bits per heavy atom. The van der Waals surface area contributed by atoms with E-state index >= 15 is 0 Å². The van der Waals surface area contributed by atoms with Crippen molar-refractivity contribution in [3.05, 3.63) is 29.0 Å². The van der Waals surface area contributed by atoms with Gasteiger partial charge in [-0.3, -0.25) is 0 Å². The van der Waals surface area contributed by atoms with Crippen molar-refractivity contribution in [2.24, 2.45) is 0 Å². The minimum absolute atomic E-state index is 0.285. The molecule has 0 radical (unpaired) electrons. The van der Waals surface area contributed by atoms with Crippen LogP contribution in [0, 0.1) is 5.82 Å². The zero-order valence-corrected chi connectivity index (χ0v) is 10.3. The number of halogens is 2. The van der Waals surface area contributed by atoms with Crippen molar-refractivity contribution >= 4 is 29.1 Å². The molecule has 0 aliphatic rings. The highest BCUT2D eigenvalue weighted by atomic mass is 35.5. The first kappa shape index (κ1) is 12.7. The molecule has 0 aromatic heterocycles. The first-order chi connectivity index (χ1) is 7.24. The summed E-state index contributed by atoms with van der Waals surface area (Å²) in [6, 6.07) is 4.69. The molecule has 1 rings (SSSR count). The number of benzene rings is 1. The molecule has 0 fully saturated rings. The van der Waals surface area contributed by atoms with E-state index in [2.05, 4.69) is 11.6 Å². The molecule has 0 saturated heterocycles. The van der Waals surface area contributed by atoms with E-state index in [-0.39, 0.29) is 5.82 Å². The van der Waals surface area contributed by atoms with Gasteiger partial charge >= 0.3 is 0 Å². The lowest BCUT2D eigenvalue weighted by molar-refractivity contribution is 0.629. The molecule has 4 heteroatoms. The highest BCUT2D eigenvalue weighted by molar-refractivity contribution is 7.98. The van der Waals surface area contributed by atoms with Crippen molar-refractivity contribution < 1.29 is 4.39 Å². The van der Waals surface area contributed by atoms with Gasteiger partial charge in [-0.1, -0.05) is 11.6 Å². The summed E-state index contributed by atoms with van der Waals surface area (Å²) in [6.07, 6.45) is 4.30. The number of nitrogens with one attached hydrogen (secondary N) is 1. The van der Waals surface area contributed by atoms with Gasteiger partial charge in [0, 0.05) is 11.6 Å². The van der Waals surface area contributed by atoms with Crippen LogP contribution in [0.4, 0.5) is 10.1 Å². The minimum atomic E-state index is -0.285. The molecular formula is C11H15ClFNS. The van der Waals surface area contributed by atoms with E-state index in [0.717, 1.165) is 25.1 Å². The molecule has 1 nitrogen and oxygen atoms in total. The van der Waals surface area contributed by atoms with E-state index in [4.69, 9.17) is 11.6 Å². The molecule has 15 heavy (non-hydrogen) atoms. The molecular weight excluding hydrogens is 233 g/mol. The Morgan fingerprint density at radius 2 is 2.20 bits per heavy atom. The van der Waals surface area contributed by atoms with Crippen LogP contribution in [0.25, 0.3) is 0 Å². The average Bonchev–Trinajstić information content (AvgIpc) is 2.20. The summed E-state index contributed by atoms with van der Waals surface area (Å²) >= 11 is 7.48. The van der Waals surface area contributed by atoms with E-state index < -0.39 is 0 Å². The zero-order chi connectivity index (χ0) is 11.1. The maximum atomic E-state index is 13.3. The van der Waals surface area contributed by atoms with Crippen molar-refractivity contribution in [1.29, 1.82) is 0 Å². The second-order valence-corrected chi connectivity index (χ2v) is 4.67. The minimum Gasteiger partial charge on any atom is -0.383 e. The van der Waals surface area contributed by atoms with E-state index in [1.807, 2.05) is 11.8 Å². The van der Waals surface area contributed by atoms with E-state index in [0.29, 0.717) is 10.7 Å². The van der Waals surface area contributed by atoms with Gasteiger partial charge < -0.3 is 5.32 Å². The summed E-state index contributed by atoms with van der Waals surface area (Å²) in [5.41, 5.74) is 0.531. The number of hydrogen-bond donors (Lipinski definition) is 1. The number of anilines is 1. The molecule has 0 saturated carbocycles. The fourth-order valence-electron chi connectivity index (χ4n) is 1.23. The summed E-state index contributed by atoms with van der Waals surface area (Å²) in [5, 5.41) is 3.49. The van der Waals surface area contributed by atoms with Gasteiger partial charge in [-0.2, -0.15) is 11.8 Å². The Labute approximate surface area is 99.4 Å². The second kappa shape index (κ2) is 6.96. The third kappa shape index (κ3) is 4.76. The molecule has 0 bridgehead atoms. The molecule has 0 atom stereocenters. The highest BCUT2D eigenvalue weighted by Gasteiger charge is 2.01. The monoisotopic (exact) mass is 247 g/mol. The van der Waals surface area contributed by atoms with Crippen LogP contribution in [0.5, 0.6) is 0 Å². The molecule has 1 N–H and O–H groups in total. The van der Waals surface area contributed by atoms with Crippen LogP contribution in [0.1, 0.15) is 12.8 Å². The normalized spacial score (nSPS) is 10.3. The van der Waals surface area contributed by atoms with Gasteiger partial charge in [0.1, 0.15) is 5.82 Å². The van der Waals surface area contributed by atoms with Crippen molar-refractivity contribution in [2.75, 3.05) is 23.9 Å². The average molecular weight is 248 g/mol.